The first kappa shape index (κ1) is 23.2. The summed E-state index contributed by atoms with van der Waals surface area (Å²) < 4.78 is 19.3. The van der Waals surface area contributed by atoms with Crippen LogP contribution in [-0.2, 0) is 16.1 Å². The van der Waals surface area contributed by atoms with Gasteiger partial charge in [0.2, 0.25) is 5.72 Å². The van der Waals surface area contributed by atoms with Gasteiger partial charge in [0.05, 0.1) is 17.7 Å². The summed E-state index contributed by atoms with van der Waals surface area (Å²) in [6.07, 6.45) is 1.83. The maximum Gasteiger partial charge on any atom is 0.317 e. The lowest BCUT2D eigenvalue weighted by Crippen LogP contribution is -2.58. The first-order chi connectivity index (χ1) is 18.0. The minimum atomic E-state index is -1.18. The summed E-state index contributed by atoms with van der Waals surface area (Å²) in [6, 6.07) is 24.4. The van der Waals surface area contributed by atoms with E-state index in [1.807, 2.05) is 84.9 Å². The van der Waals surface area contributed by atoms with Crippen molar-refractivity contribution in [2.75, 3.05) is 7.11 Å². The van der Waals surface area contributed by atoms with Gasteiger partial charge >= 0.3 is 5.97 Å². The number of esters is 1. The van der Waals surface area contributed by atoms with Crippen molar-refractivity contribution in [1.82, 2.24) is 4.57 Å². The maximum atomic E-state index is 13.7. The van der Waals surface area contributed by atoms with Gasteiger partial charge < -0.3 is 14.2 Å². The Balaban J connectivity index is 1.38. The lowest BCUT2D eigenvalue weighted by molar-refractivity contribution is -0.158. The molecule has 7 nitrogen and oxygen atoms in total. The van der Waals surface area contributed by atoms with Crippen molar-refractivity contribution in [3.8, 4) is 11.5 Å². The molecule has 0 N–H and O–H groups in total. The number of thiazole rings is 1. The summed E-state index contributed by atoms with van der Waals surface area (Å²) >= 11 is 1.28. The molecule has 2 aliphatic heterocycles. The number of aromatic nitrogens is 1. The van der Waals surface area contributed by atoms with Crippen LogP contribution >= 0.6 is 11.3 Å². The Morgan fingerprint density at radius 1 is 1.08 bits per heavy atom. The smallest absolute Gasteiger partial charge is 0.317 e. The van der Waals surface area contributed by atoms with Crippen LogP contribution in [0.3, 0.4) is 0 Å². The summed E-state index contributed by atoms with van der Waals surface area (Å²) in [6.45, 7) is 2.25. The van der Waals surface area contributed by atoms with Crippen LogP contribution < -0.4 is 24.4 Å². The molecule has 1 aromatic heterocycles. The van der Waals surface area contributed by atoms with Crippen LogP contribution in [0.2, 0.25) is 0 Å². The van der Waals surface area contributed by atoms with Crippen molar-refractivity contribution in [3.05, 3.63) is 115 Å². The van der Waals surface area contributed by atoms with Crippen molar-refractivity contribution in [3.63, 3.8) is 0 Å². The number of ether oxygens (including phenoxy) is 3. The van der Waals surface area contributed by atoms with Gasteiger partial charge in [-0.1, -0.05) is 72.0 Å². The lowest BCUT2D eigenvalue weighted by Gasteiger charge is -2.44. The molecule has 0 radical (unpaired) electrons. The predicted octanol–water partition coefficient (Wildman–Crippen LogP) is 3.44. The topological polar surface area (TPSA) is 79.1 Å². The third-order valence-electron chi connectivity index (χ3n) is 6.76. The van der Waals surface area contributed by atoms with Crippen LogP contribution in [-0.4, -0.2) is 23.4 Å². The number of fused-ring (bicyclic) bond motifs is 6. The van der Waals surface area contributed by atoms with E-state index in [0.717, 1.165) is 22.4 Å². The van der Waals surface area contributed by atoms with Gasteiger partial charge in [0.15, 0.2) is 4.80 Å². The molecule has 186 valence electrons. The van der Waals surface area contributed by atoms with Gasteiger partial charge in [-0.3, -0.25) is 14.2 Å². The molecule has 6 rings (SSSR count). The number of hydrogen-bond donors (Lipinski definition) is 0. The summed E-state index contributed by atoms with van der Waals surface area (Å²) in [5.41, 5.74) is 1.33. The highest BCUT2D eigenvalue weighted by molar-refractivity contribution is 7.07. The zero-order chi connectivity index (χ0) is 25.6. The summed E-state index contributed by atoms with van der Waals surface area (Å²) in [7, 11) is 1.34. The highest BCUT2D eigenvalue weighted by Gasteiger charge is 2.55. The molecule has 37 heavy (non-hydrogen) atoms. The van der Waals surface area contributed by atoms with Gasteiger partial charge in [0, 0.05) is 5.56 Å². The van der Waals surface area contributed by atoms with E-state index in [4.69, 9.17) is 19.2 Å². The first-order valence-electron chi connectivity index (χ1n) is 11.9. The fourth-order valence-corrected chi connectivity index (χ4v) is 6.08. The molecular weight excluding hydrogens is 488 g/mol. The maximum absolute atomic E-state index is 13.7. The number of rotatable bonds is 5. The van der Waals surface area contributed by atoms with E-state index in [0.29, 0.717) is 21.7 Å². The van der Waals surface area contributed by atoms with Crippen molar-refractivity contribution in [2.45, 2.75) is 25.3 Å². The molecule has 4 aromatic rings. The zero-order valence-electron chi connectivity index (χ0n) is 20.3. The van der Waals surface area contributed by atoms with E-state index in [9.17, 15) is 9.59 Å². The lowest BCUT2D eigenvalue weighted by atomic mass is 9.81. The Morgan fingerprint density at radius 2 is 1.81 bits per heavy atom. The Labute approximate surface area is 216 Å². The van der Waals surface area contributed by atoms with Gasteiger partial charge in [-0.25, -0.2) is 4.99 Å². The molecular formula is C29H24N2O5S. The highest BCUT2D eigenvalue weighted by Crippen LogP contribution is 2.47. The Bertz CT molecular complexity index is 1660. The fraction of sp³-hybridized carbons (Fsp3) is 0.207. The van der Waals surface area contributed by atoms with Gasteiger partial charge in [-0.15, -0.1) is 0 Å². The van der Waals surface area contributed by atoms with E-state index in [2.05, 4.69) is 0 Å². The van der Waals surface area contributed by atoms with E-state index < -0.39 is 23.7 Å². The number of hydrogen-bond acceptors (Lipinski definition) is 7. The van der Waals surface area contributed by atoms with Crippen LogP contribution in [0.25, 0.3) is 6.08 Å². The van der Waals surface area contributed by atoms with Gasteiger partial charge in [0.1, 0.15) is 24.0 Å². The monoisotopic (exact) mass is 512 g/mol. The van der Waals surface area contributed by atoms with E-state index >= 15 is 0 Å². The second-order valence-electron chi connectivity index (χ2n) is 9.16. The zero-order valence-corrected chi connectivity index (χ0v) is 21.1. The molecule has 3 aromatic carbocycles. The van der Waals surface area contributed by atoms with Gasteiger partial charge in [-0.05, 0) is 42.3 Å². The van der Waals surface area contributed by atoms with Crippen LogP contribution in [0.15, 0.2) is 88.6 Å². The molecule has 0 saturated carbocycles. The normalized spacial score (nSPS) is 21.7. The molecule has 0 aliphatic carbocycles. The minimum absolute atomic E-state index is 0.203. The quantitative estimate of drug-likeness (QED) is 0.383. The van der Waals surface area contributed by atoms with E-state index in [1.54, 1.807) is 11.5 Å². The molecule has 0 spiro atoms. The van der Waals surface area contributed by atoms with Crippen LogP contribution in [0.1, 0.15) is 29.7 Å². The third-order valence-corrected chi connectivity index (χ3v) is 7.74. The van der Waals surface area contributed by atoms with Gasteiger partial charge in [-0.2, -0.15) is 0 Å². The highest BCUT2D eigenvalue weighted by atomic mass is 32.1. The Hall–Kier alpha value is -4.17. The molecule has 0 amide bonds. The molecule has 3 atom stereocenters. The van der Waals surface area contributed by atoms with Crippen molar-refractivity contribution >= 4 is 23.4 Å². The van der Waals surface area contributed by atoms with Crippen molar-refractivity contribution < 1.29 is 19.0 Å². The van der Waals surface area contributed by atoms with Crippen LogP contribution in [0, 0.1) is 5.92 Å². The molecule has 2 bridgehead atoms. The summed E-state index contributed by atoms with van der Waals surface area (Å²) in [5.74, 6) is 0.0982. The third kappa shape index (κ3) is 4.03. The fourth-order valence-electron chi connectivity index (χ4n) is 4.98. The molecule has 8 heteroatoms. The Kier molecular flexibility index (Phi) is 5.68. The molecule has 0 saturated heterocycles. The second-order valence-corrected chi connectivity index (χ2v) is 10.2. The summed E-state index contributed by atoms with van der Waals surface area (Å²) in [5, 5.41) is 0. The van der Waals surface area contributed by atoms with E-state index in [1.165, 1.54) is 18.4 Å². The molecule has 3 unspecified atom stereocenters. The molecule has 0 fully saturated rings. The number of carbonyl (C=O) groups is 1. The number of benzene rings is 3. The predicted molar refractivity (Wildman–Crippen MR) is 139 cm³/mol. The number of nitrogens with zero attached hydrogens (tertiary/aromatic N) is 2. The molecule has 3 heterocycles. The number of methoxy groups -OCH3 is 1. The standard InChI is InChI=1S/C29H24N2O5S/c1-29-24(27(33)34-2)25(21-10-6-7-11-22(21)36-29)31-26(32)23(37-28(31)30-29)16-18-12-14-20(15-13-18)35-17-19-8-4-3-5-9-19/h3-16,24-25H,17H2,1-2H3. The van der Waals surface area contributed by atoms with Crippen molar-refractivity contribution in [2.24, 2.45) is 10.9 Å². The minimum Gasteiger partial charge on any atom is -0.489 e. The second kappa shape index (κ2) is 9.05. The SMILES string of the molecule is COC(=O)C1C2c3ccccc3OC1(C)N=c1sc(=Cc3ccc(OCc4ccccc4)cc3)c(=O)n12. The molecule has 2 aliphatic rings. The van der Waals surface area contributed by atoms with Crippen LogP contribution in [0.4, 0.5) is 0 Å². The van der Waals surface area contributed by atoms with E-state index in [-0.39, 0.29) is 5.56 Å². The summed E-state index contributed by atoms with van der Waals surface area (Å²) in [4.78, 5) is 31.8. The average molecular weight is 513 g/mol. The number of carbonyl (C=O) groups excluding carboxylic acids is 1. The van der Waals surface area contributed by atoms with Gasteiger partial charge in [0.25, 0.3) is 5.56 Å². The van der Waals surface area contributed by atoms with Crippen LogP contribution in [0.5, 0.6) is 11.5 Å². The first-order valence-corrected chi connectivity index (χ1v) is 12.7. The Morgan fingerprint density at radius 3 is 2.57 bits per heavy atom. The largest absolute Gasteiger partial charge is 0.489 e. The number of para-hydroxylation sites is 1. The average Bonchev–Trinajstić information content (AvgIpc) is 3.21. The van der Waals surface area contributed by atoms with Crippen molar-refractivity contribution in [1.29, 1.82) is 0 Å².